The summed E-state index contributed by atoms with van der Waals surface area (Å²) >= 11 is 1.32. The minimum Gasteiger partial charge on any atom is -0.353 e. The number of amides is 1. The van der Waals surface area contributed by atoms with Crippen molar-refractivity contribution in [2.24, 2.45) is 0 Å². The number of carbonyl (C=O) groups excluding carboxylic acids is 2. The number of benzene rings is 1. The van der Waals surface area contributed by atoms with Crippen LogP contribution in [0.25, 0.3) is 11.0 Å². The van der Waals surface area contributed by atoms with Crippen molar-refractivity contribution in [3.63, 3.8) is 0 Å². The lowest BCUT2D eigenvalue weighted by Crippen LogP contribution is -2.37. The number of imidazole rings is 1. The van der Waals surface area contributed by atoms with Crippen molar-refractivity contribution in [1.82, 2.24) is 14.9 Å². The molecule has 0 radical (unpaired) electrons. The molecule has 1 aromatic heterocycles. The van der Waals surface area contributed by atoms with Gasteiger partial charge in [0.2, 0.25) is 11.8 Å². The number of nitrogens with one attached hydrogen (secondary N) is 1. The fourth-order valence-corrected chi connectivity index (χ4v) is 3.91. The first kappa shape index (κ1) is 16.1. The Kier molecular flexibility index (Phi) is 5.00. The highest BCUT2D eigenvalue weighted by Gasteiger charge is 2.18. The molecular weight excluding hydrogens is 310 g/mol. The average Bonchev–Trinajstić information content (AvgIpc) is 2.92. The van der Waals surface area contributed by atoms with E-state index in [4.69, 9.17) is 0 Å². The van der Waals surface area contributed by atoms with Crippen LogP contribution in [0, 0.1) is 0 Å². The molecule has 1 N–H and O–H groups in total. The lowest BCUT2D eigenvalue weighted by atomic mass is 9.95. The standard InChI is InChI=1S/C17H21N3O2S/c1-12(21)20-15-10-6-5-9-14(15)19-17(20)23-11-16(22)18-13-7-3-2-4-8-13/h5-6,9-10,13H,2-4,7-8,11H2,1H3,(H,18,22). The van der Waals surface area contributed by atoms with E-state index in [1.807, 2.05) is 24.3 Å². The second-order valence-corrected chi connectivity index (χ2v) is 6.87. The number of fused-ring (bicyclic) bond motifs is 1. The predicted molar refractivity (Wildman–Crippen MR) is 91.8 cm³/mol. The molecule has 122 valence electrons. The quantitative estimate of drug-likeness (QED) is 0.874. The molecule has 0 aliphatic heterocycles. The van der Waals surface area contributed by atoms with Crippen LogP contribution in [-0.2, 0) is 4.79 Å². The molecule has 23 heavy (non-hydrogen) atoms. The van der Waals surface area contributed by atoms with E-state index < -0.39 is 0 Å². The number of para-hydroxylation sites is 2. The van der Waals surface area contributed by atoms with E-state index in [1.54, 1.807) is 4.57 Å². The zero-order valence-electron chi connectivity index (χ0n) is 13.2. The van der Waals surface area contributed by atoms with Gasteiger partial charge in [-0.15, -0.1) is 0 Å². The fraction of sp³-hybridized carbons (Fsp3) is 0.471. The van der Waals surface area contributed by atoms with Gasteiger partial charge in [-0.3, -0.25) is 14.2 Å². The molecule has 0 saturated heterocycles. The van der Waals surface area contributed by atoms with Crippen LogP contribution in [0.3, 0.4) is 0 Å². The van der Waals surface area contributed by atoms with Crippen molar-refractivity contribution < 1.29 is 9.59 Å². The van der Waals surface area contributed by atoms with Crippen LogP contribution in [0.15, 0.2) is 29.4 Å². The lowest BCUT2D eigenvalue weighted by molar-refractivity contribution is -0.119. The van der Waals surface area contributed by atoms with Crippen LogP contribution in [0.4, 0.5) is 0 Å². The fourth-order valence-electron chi connectivity index (χ4n) is 3.05. The Labute approximate surface area is 139 Å². The number of aromatic nitrogens is 2. The van der Waals surface area contributed by atoms with E-state index >= 15 is 0 Å². The maximum atomic E-state index is 12.1. The van der Waals surface area contributed by atoms with Gasteiger partial charge in [0.05, 0.1) is 16.8 Å². The van der Waals surface area contributed by atoms with E-state index in [9.17, 15) is 9.59 Å². The summed E-state index contributed by atoms with van der Waals surface area (Å²) in [6, 6.07) is 7.83. The van der Waals surface area contributed by atoms with Crippen LogP contribution >= 0.6 is 11.8 Å². The van der Waals surface area contributed by atoms with Crippen molar-refractivity contribution in [2.45, 2.75) is 50.2 Å². The first-order valence-corrected chi connectivity index (χ1v) is 9.04. The number of nitrogens with zero attached hydrogens (tertiary/aromatic N) is 2. The van der Waals surface area contributed by atoms with Gasteiger partial charge in [0.15, 0.2) is 5.16 Å². The molecule has 1 amide bonds. The van der Waals surface area contributed by atoms with Gasteiger partial charge in [-0.05, 0) is 25.0 Å². The molecule has 0 spiro atoms. The Morgan fingerprint density at radius 3 is 2.74 bits per heavy atom. The van der Waals surface area contributed by atoms with E-state index in [-0.39, 0.29) is 17.6 Å². The highest BCUT2D eigenvalue weighted by atomic mass is 32.2. The monoisotopic (exact) mass is 331 g/mol. The topological polar surface area (TPSA) is 64.0 Å². The number of hydrogen-bond acceptors (Lipinski definition) is 4. The van der Waals surface area contributed by atoms with E-state index in [1.165, 1.54) is 37.9 Å². The number of carbonyl (C=O) groups is 2. The summed E-state index contributed by atoms with van der Waals surface area (Å²) in [6.07, 6.45) is 5.80. The molecule has 2 aromatic rings. The predicted octanol–water partition coefficient (Wildman–Crippen LogP) is 3.24. The number of hydrogen-bond donors (Lipinski definition) is 1. The minimum absolute atomic E-state index is 0.0176. The highest BCUT2D eigenvalue weighted by Crippen LogP contribution is 2.24. The SMILES string of the molecule is CC(=O)n1c(SCC(=O)NC2CCCCC2)nc2ccccc21. The van der Waals surface area contributed by atoms with Crippen molar-refractivity contribution >= 4 is 34.6 Å². The zero-order chi connectivity index (χ0) is 16.2. The Balaban J connectivity index is 1.67. The van der Waals surface area contributed by atoms with Crippen LogP contribution in [-0.4, -0.2) is 33.2 Å². The van der Waals surface area contributed by atoms with Crippen LogP contribution in [0.5, 0.6) is 0 Å². The normalized spacial score (nSPS) is 15.7. The number of rotatable bonds is 4. The molecule has 1 saturated carbocycles. The molecule has 6 heteroatoms. The summed E-state index contributed by atoms with van der Waals surface area (Å²) in [5.74, 6) is 0.213. The third-order valence-corrected chi connectivity index (χ3v) is 5.09. The molecule has 1 heterocycles. The third kappa shape index (κ3) is 3.75. The molecule has 0 unspecified atom stereocenters. The molecule has 1 aromatic carbocycles. The van der Waals surface area contributed by atoms with Gasteiger partial charge < -0.3 is 5.32 Å². The molecule has 3 rings (SSSR count). The van der Waals surface area contributed by atoms with Gasteiger partial charge in [0.25, 0.3) is 0 Å². The van der Waals surface area contributed by atoms with Gasteiger partial charge in [-0.2, -0.15) is 0 Å². The van der Waals surface area contributed by atoms with Gasteiger partial charge in [0.1, 0.15) is 0 Å². The largest absolute Gasteiger partial charge is 0.353 e. The summed E-state index contributed by atoms with van der Waals surface area (Å²) in [5, 5.41) is 3.67. The molecule has 1 fully saturated rings. The summed E-state index contributed by atoms with van der Waals surface area (Å²) in [7, 11) is 0. The smallest absolute Gasteiger partial charge is 0.230 e. The second kappa shape index (κ2) is 7.17. The van der Waals surface area contributed by atoms with E-state index in [2.05, 4.69) is 10.3 Å². The Morgan fingerprint density at radius 1 is 1.26 bits per heavy atom. The van der Waals surface area contributed by atoms with E-state index in [0.29, 0.717) is 11.2 Å². The molecule has 1 aliphatic rings. The summed E-state index contributed by atoms with van der Waals surface area (Å²) in [4.78, 5) is 28.5. The lowest BCUT2D eigenvalue weighted by Gasteiger charge is -2.22. The van der Waals surface area contributed by atoms with Crippen molar-refractivity contribution in [1.29, 1.82) is 0 Å². The Morgan fingerprint density at radius 2 is 2.00 bits per heavy atom. The van der Waals surface area contributed by atoms with Gasteiger partial charge in [0, 0.05) is 13.0 Å². The van der Waals surface area contributed by atoms with Crippen molar-refractivity contribution in [3.05, 3.63) is 24.3 Å². The van der Waals surface area contributed by atoms with Gasteiger partial charge >= 0.3 is 0 Å². The molecule has 0 atom stereocenters. The maximum Gasteiger partial charge on any atom is 0.230 e. The second-order valence-electron chi connectivity index (χ2n) is 5.93. The Bertz CT molecular complexity index is 720. The molecule has 0 bridgehead atoms. The van der Waals surface area contributed by atoms with Crippen LogP contribution < -0.4 is 5.32 Å². The molecule has 1 aliphatic carbocycles. The minimum atomic E-state index is -0.0890. The first-order chi connectivity index (χ1) is 11.1. The van der Waals surface area contributed by atoms with Gasteiger partial charge in [-0.25, -0.2) is 4.98 Å². The van der Waals surface area contributed by atoms with Crippen molar-refractivity contribution in [2.75, 3.05) is 5.75 Å². The van der Waals surface area contributed by atoms with Gasteiger partial charge in [-0.1, -0.05) is 43.2 Å². The highest BCUT2D eigenvalue weighted by molar-refractivity contribution is 7.99. The van der Waals surface area contributed by atoms with Crippen molar-refractivity contribution in [3.8, 4) is 0 Å². The Hall–Kier alpha value is -1.82. The summed E-state index contributed by atoms with van der Waals surface area (Å²) in [6.45, 7) is 1.51. The average molecular weight is 331 g/mol. The van der Waals surface area contributed by atoms with Crippen LogP contribution in [0.1, 0.15) is 43.8 Å². The molecular formula is C17H21N3O2S. The summed E-state index contributed by atoms with van der Waals surface area (Å²) in [5.41, 5.74) is 1.56. The third-order valence-electron chi connectivity index (χ3n) is 4.15. The first-order valence-electron chi connectivity index (χ1n) is 8.06. The summed E-state index contributed by atoms with van der Waals surface area (Å²) < 4.78 is 1.58. The molecule has 5 nitrogen and oxygen atoms in total. The maximum absolute atomic E-state index is 12.1. The zero-order valence-corrected chi connectivity index (χ0v) is 14.1. The van der Waals surface area contributed by atoms with Crippen LogP contribution in [0.2, 0.25) is 0 Å². The van der Waals surface area contributed by atoms with E-state index in [0.717, 1.165) is 23.9 Å². The number of thioether (sulfide) groups is 1.